The van der Waals surface area contributed by atoms with Crippen molar-refractivity contribution in [1.29, 1.82) is 0 Å². The summed E-state index contributed by atoms with van der Waals surface area (Å²) in [6.07, 6.45) is 2.47. The molecule has 1 amide bonds. The molecular weight excluding hydrogens is 436 g/mol. The van der Waals surface area contributed by atoms with Gasteiger partial charge in [0.2, 0.25) is 15.9 Å². The maximum Gasteiger partial charge on any atom is 0.243 e. The maximum absolute atomic E-state index is 13.1. The number of piperazine rings is 1. The molecule has 0 radical (unpaired) electrons. The van der Waals surface area contributed by atoms with Gasteiger partial charge in [0.15, 0.2) is 0 Å². The number of benzene rings is 2. The van der Waals surface area contributed by atoms with Crippen molar-refractivity contribution in [3.63, 3.8) is 0 Å². The van der Waals surface area contributed by atoms with Crippen LogP contribution < -0.4 is 10.2 Å². The third-order valence-corrected chi connectivity index (χ3v) is 8.66. The van der Waals surface area contributed by atoms with Gasteiger partial charge in [-0.3, -0.25) is 9.69 Å². The maximum atomic E-state index is 13.1. The highest BCUT2D eigenvalue weighted by molar-refractivity contribution is 7.89. The molecule has 33 heavy (non-hydrogen) atoms. The molecule has 2 aromatic rings. The van der Waals surface area contributed by atoms with Crippen molar-refractivity contribution >= 4 is 27.3 Å². The van der Waals surface area contributed by atoms with Crippen LogP contribution in [0, 0.1) is 20.8 Å². The van der Waals surface area contributed by atoms with Crippen molar-refractivity contribution in [3.8, 4) is 0 Å². The van der Waals surface area contributed by atoms with Gasteiger partial charge >= 0.3 is 0 Å². The lowest BCUT2D eigenvalue weighted by Gasteiger charge is -2.33. The summed E-state index contributed by atoms with van der Waals surface area (Å²) in [5, 5.41) is 3.03. The van der Waals surface area contributed by atoms with Crippen LogP contribution in [0.3, 0.4) is 0 Å². The minimum Gasteiger partial charge on any atom is -0.372 e. The molecule has 0 saturated carbocycles. The molecule has 4 rings (SSSR count). The first-order valence-electron chi connectivity index (χ1n) is 11.7. The summed E-state index contributed by atoms with van der Waals surface area (Å²) in [4.78, 5) is 17.4. The Kier molecular flexibility index (Phi) is 7.07. The number of nitrogens with zero attached hydrogens (tertiary/aromatic N) is 3. The van der Waals surface area contributed by atoms with Crippen LogP contribution in [0.4, 0.5) is 11.4 Å². The minimum absolute atomic E-state index is 0.0714. The molecular formula is C25H34N4O3S. The van der Waals surface area contributed by atoms with Crippen molar-refractivity contribution in [2.75, 3.05) is 56.0 Å². The van der Waals surface area contributed by atoms with Crippen LogP contribution in [0.2, 0.25) is 0 Å². The molecule has 2 aliphatic rings. The summed E-state index contributed by atoms with van der Waals surface area (Å²) in [7, 11) is -3.53. The number of hydrogen-bond donors (Lipinski definition) is 1. The zero-order valence-corrected chi connectivity index (χ0v) is 20.6. The average Bonchev–Trinajstić information content (AvgIpc) is 3.32. The largest absolute Gasteiger partial charge is 0.372 e. The molecule has 2 saturated heterocycles. The Labute approximate surface area is 197 Å². The number of carbonyl (C=O) groups excluding carboxylic acids is 1. The third-order valence-electron chi connectivity index (χ3n) is 6.62. The molecule has 2 aliphatic heterocycles. The molecule has 7 nitrogen and oxygen atoms in total. The SMILES string of the molecule is Cc1ccc(C)c(S(=O)(=O)N2CCN(CC(=O)Nc3ccc(N4CCCC4)cc3C)CC2)c1. The molecule has 0 bridgehead atoms. The lowest BCUT2D eigenvalue weighted by atomic mass is 10.1. The van der Waals surface area contributed by atoms with Crippen molar-refractivity contribution in [2.24, 2.45) is 0 Å². The van der Waals surface area contributed by atoms with Gasteiger partial charge in [0.25, 0.3) is 0 Å². The summed E-state index contributed by atoms with van der Waals surface area (Å²) in [5.41, 5.74) is 4.78. The molecule has 0 spiro atoms. The van der Waals surface area contributed by atoms with E-state index in [1.165, 1.54) is 22.8 Å². The molecule has 2 heterocycles. The van der Waals surface area contributed by atoms with Gasteiger partial charge in [0.05, 0.1) is 11.4 Å². The van der Waals surface area contributed by atoms with Gasteiger partial charge in [-0.25, -0.2) is 8.42 Å². The fraction of sp³-hybridized carbons (Fsp3) is 0.480. The monoisotopic (exact) mass is 470 g/mol. The first-order valence-corrected chi connectivity index (χ1v) is 13.1. The van der Waals surface area contributed by atoms with Gasteiger partial charge in [-0.05, 0) is 74.6 Å². The fourth-order valence-corrected chi connectivity index (χ4v) is 6.34. The number of rotatable bonds is 6. The van der Waals surface area contributed by atoms with Gasteiger partial charge in [0, 0.05) is 50.6 Å². The van der Waals surface area contributed by atoms with Crippen LogP contribution in [0.1, 0.15) is 29.5 Å². The molecule has 1 N–H and O–H groups in total. The number of hydrogen-bond acceptors (Lipinski definition) is 5. The fourth-order valence-electron chi connectivity index (χ4n) is 4.61. The van der Waals surface area contributed by atoms with E-state index in [0.717, 1.165) is 35.5 Å². The number of amides is 1. The van der Waals surface area contributed by atoms with Crippen LogP contribution in [0.15, 0.2) is 41.3 Å². The van der Waals surface area contributed by atoms with Gasteiger partial charge in [0.1, 0.15) is 0 Å². The van der Waals surface area contributed by atoms with Crippen LogP contribution in [0.5, 0.6) is 0 Å². The van der Waals surface area contributed by atoms with Gasteiger partial charge in [-0.1, -0.05) is 12.1 Å². The summed E-state index contributed by atoms with van der Waals surface area (Å²) >= 11 is 0. The Morgan fingerprint density at radius 2 is 1.58 bits per heavy atom. The Balaban J connectivity index is 1.32. The van der Waals surface area contributed by atoms with Gasteiger partial charge < -0.3 is 10.2 Å². The zero-order chi connectivity index (χ0) is 23.6. The van der Waals surface area contributed by atoms with E-state index in [1.54, 1.807) is 6.07 Å². The van der Waals surface area contributed by atoms with E-state index in [2.05, 4.69) is 22.3 Å². The van der Waals surface area contributed by atoms with Crippen LogP contribution in [0.25, 0.3) is 0 Å². The molecule has 2 aromatic carbocycles. The van der Waals surface area contributed by atoms with Crippen molar-refractivity contribution in [3.05, 3.63) is 53.1 Å². The summed E-state index contributed by atoms with van der Waals surface area (Å²) in [6.45, 7) is 10.0. The standard InChI is InChI=1S/C25H34N4O3S/c1-19-6-7-20(2)24(16-19)33(31,32)29-14-12-27(13-15-29)18-25(30)26-23-9-8-22(17-21(23)3)28-10-4-5-11-28/h6-9,16-17H,4-5,10-15,18H2,1-3H3,(H,26,30). The molecule has 0 atom stereocenters. The Hall–Kier alpha value is -2.42. The molecule has 2 fully saturated rings. The quantitative estimate of drug-likeness (QED) is 0.702. The highest BCUT2D eigenvalue weighted by Gasteiger charge is 2.30. The topological polar surface area (TPSA) is 73.0 Å². The number of anilines is 2. The smallest absolute Gasteiger partial charge is 0.243 e. The van der Waals surface area contributed by atoms with Crippen LogP contribution in [-0.4, -0.2) is 69.3 Å². The highest BCUT2D eigenvalue weighted by atomic mass is 32.2. The number of sulfonamides is 1. The van der Waals surface area contributed by atoms with Gasteiger partial charge in [-0.15, -0.1) is 0 Å². The number of nitrogens with one attached hydrogen (secondary N) is 1. The number of aryl methyl sites for hydroxylation is 3. The normalized spacial score (nSPS) is 18.0. The Morgan fingerprint density at radius 3 is 2.24 bits per heavy atom. The van der Waals surface area contributed by atoms with Crippen molar-refractivity contribution in [2.45, 2.75) is 38.5 Å². The summed E-state index contributed by atoms with van der Waals surface area (Å²) in [6, 6.07) is 11.7. The number of carbonyl (C=O) groups is 1. The van der Waals surface area contributed by atoms with Crippen LogP contribution >= 0.6 is 0 Å². The predicted octanol–water partition coefficient (Wildman–Crippen LogP) is 3.16. The first-order chi connectivity index (χ1) is 15.7. The predicted molar refractivity (Wildman–Crippen MR) is 132 cm³/mol. The van der Waals surface area contributed by atoms with Crippen LogP contribution in [-0.2, 0) is 14.8 Å². The van der Waals surface area contributed by atoms with E-state index in [-0.39, 0.29) is 12.5 Å². The van der Waals surface area contributed by atoms with Crippen molar-refractivity contribution < 1.29 is 13.2 Å². The first kappa shape index (κ1) is 23.7. The zero-order valence-electron chi connectivity index (χ0n) is 19.8. The third kappa shape index (κ3) is 5.39. The van der Waals surface area contributed by atoms with E-state index in [4.69, 9.17) is 0 Å². The Bertz CT molecular complexity index is 1120. The Morgan fingerprint density at radius 1 is 0.879 bits per heavy atom. The average molecular weight is 471 g/mol. The van der Waals surface area contributed by atoms with Gasteiger partial charge in [-0.2, -0.15) is 4.31 Å². The molecule has 8 heteroatoms. The lowest BCUT2D eigenvalue weighted by Crippen LogP contribution is -2.50. The molecule has 0 aromatic heterocycles. The summed E-state index contributed by atoms with van der Waals surface area (Å²) < 4.78 is 27.8. The van der Waals surface area contributed by atoms with E-state index in [9.17, 15) is 13.2 Å². The second-order valence-electron chi connectivity index (χ2n) is 9.19. The second-order valence-corrected chi connectivity index (χ2v) is 11.1. The second kappa shape index (κ2) is 9.83. The lowest BCUT2D eigenvalue weighted by molar-refractivity contribution is -0.117. The minimum atomic E-state index is -3.53. The van der Waals surface area contributed by atoms with E-state index in [0.29, 0.717) is 31.1 Å². The van der Waals surface area contributed by atoms with E-state index >= 15 is 0 Å². The molecule has 0 unspecified atom stereocenters. The van der Waals surface area contributed by atoms with E-state index in [1.807, 2.05) is 43.9 Å². The molecule has 178 valence electrons. The highest BCUT2D eigenvalue weighted by Crippen LogP contribution is 2.26. The molecule has 0 aliphatic carbocycles. The van der Waals surface area contributed by atoms with E-state index < -0.39 is 10.0 Å². The van der Waals surface area contributed by atoms with Crippen molar-refractivity contribution in [1.82, 2.24) is 9.21 Å². The summed E-state index contributed by atoms with van der Waals surface area (Å²) in [5.74, 6) is -0.0714.